The third-order valence-corrected chi connectivity index (χ3v) is 7.90. The number of amides is 1. The van der Waals surface area contributed by atoms with Gasteiger partial charge in [-0.05, 0) is 49.4 Å². The van der Waals surface area contributed by atoms with Crippen LogP contribution >= 0.6 is 23.2 Å². The number of halogens is 6. The van der Waals surface area contributed by atoms with Crippen molar-refractivity contribution in [1.82, 2.24) is 20.0 Å². The average molecular weight is 561 g/mol. The number of likely N-dealkylation sites (tertiary alicyclic amines) is 1. The fourth-order valence-corrected chi connectivity index (χ4v) is 5.55. The zero-order valence-electron chi connectivity index (χ0n) is 20.7. The molecule has 3 atom stereocenters. The molecule has 2 aromatic rings. The second kappa shape index (κ2) is 11.5. The van der Waals surface area contributed by atoms with Crippen LogP contribution in [0.25, 0.3) is 0 Å². The molecule has 0 radical (unpaired) electrons. The Kier molecular flexibility index (Phi) is 8.70. The van der Waals surface area contributed by atoms with Crippen molar-refractivity contribution in [3.63, 3.8) is 0 Å². The molecular weight excluding hydrogens is 531 g/mol. The normalized spacial score (nSPS) is 23.2. The molecule has 2 heterocycles. The maximum atomic E-state index is 14.2. The summed E-state index contributed by atoms with van der Waals surface area (Å²) >= 11 is 12.4. The number of rotatable bonds is 6. The number of likely N-dealkylation sites (N-methyl/N-ethyl adjacent to an activating group) is 1. The first-order chi connectivity index (χ1) is 17.4. The lowest BCUT2D eigenvalue weighted by Crippen LogP contribution is -2.52. The number of benzene rings is 2. The summed E-state index contributed by atoms with van der Waals surface area (Å²) in [7, 11) is 1.83. The minimum Gasteiger partial charge on any atom is -0.339 e. The first-order valence-electron chi connectivity index (χ1n) is 12.2. The number of hydrogen-bond donors (Lipinski definition) is 1. The maximum Gasteiger partial charge on any atom is 0.419 e. The van der Waals surface area contributed by atoms with Crippen molar-refractivity contribution in [3.05, 3.63) is 69.0 Å². The van der Waals surface area contributed by atoms with Crippen LogP contribution in [0.4, 0.5) is 17.6 Å². The van der Waals surface area contributed by atoms with Crippen LogP contribution in [-0.4, -0.2) is 79.0 Å². The second-order valence-electron chi connectivity index (χ2n) is 9.96. The van der Waals surface area contributed by atoms with E-state index in [9.17, 15) is 22.4 Å². The summed E-state index contributed by atoms with van der Waals surface area (Å²) in [4.78, 5) is 19.2. The van der Waals surface area contributed by atoms with Crippen molar-refractivity contribution in [2.45, 2.75) is 37.6 Å². The first kappa shape index (κ1) is 28.1. The van der Waals surface area contributed by atoms with E-state index in [4.69, 9.17) is 23.2 Å². The van der Waals surface area contributed by atoms with Crippen molar-refractivity contribution in [1.29, 1.82) is 0 Å². The molecule has 202 valence electrons. The Morgan fingerprint density at radius 2 is 1.86 bits per heavy atom. The summed E-state index contributed by atoms with van der Waals surface area (Å²) in [6, 6.07) is 8.53. The van der Waals surface area contributed by atoms with Crippen molar-refractivity contribution in [2.75, 3.05) is 46.3 Å². The molecule has 2 fully saturated rings. The Morgan fingerprint density at radius 1 is 1.11 bits per heavy atom. The van der Waals surface area contributed by atoms with Gasteiger partial charge in [-0.1, -0.05) is 35.3 Å². The molecule has 0 aromatic heterocycles. The molecule has 0 aliphatic carbocycles. The number of nitrogens with one attached hydrogen (secondary N) is 1. The minimum absolute atomic E-state index is 0.0237. The summed E-state index contributed by atoms with van der Waals surface area (Å²) in [6.07, 6.45) is -4.75. The van der Waals surface area contributed by atoms with Crippen molar-refractivity contribution in [3.8, 4) is 0 Å². The minimum atomic E-state index is -4.75. The van der Waals surface area contributed by atoms with Crippen LogP contribution in [0.1, 0.15) is 29.5 Å². The Hall–Kier alpha value is -1.91. The maximum absolute atomic E-state index is 14.2. The van der Waals surface area contributed by atoms with Crippen LogP contribution in [0.3, 0.4) is 0 Å². The molecule has 37 heavy (non-hydrogen) atoms. The zero-order valence-corrected chi connectivity index (χ0v) is 22.2. The van der Waals surface area contributed by atoms with E-state index in [-0.39, 0.29) is 24.4 Å². The smallest absolute Gasteiger partial charge is 0.339 e. The molecule has 0 spiro atoms. The Bertz CT molecular complexity index is 1130. The van der Waals surface area contributed by atoms with E-state index in [0.29, 0.717) is 41.3 Å². The monoisotopic (exact) mass is 560 g/mol. The highest BCUT2D eigenvalue weighted by Gasteiger charge is 2.39. The number of hydrogen-bond acceptors (Lipinski definition) is 4. The van der Waals surface area contributed by atoms with Crippen LogP contribution in [0.5, 0.6) is 0 Å². The SMILES string of the molecule is C[C@@H]1CN(CC(=O)N2CC(c3ccc(Cl)c(Cl)c3)C(N(C)Cc3ccc(C(F)(F)F)c(F)c3)C2)CCN1. The molecule has 2 unspecified atom stereocenters. The summed E-state index contributed by atoms with van der Waals surface area (Å²) in [5, 5.41) is 4.20. The largest absolute Gasteiger partial charge is 0.419 e. The van der Waals surface area contributed by atoms with Gasteiger partial charge >= 0.3 is 6.18 Å². The molecule has 2 aliphatic heterocycles. The highest BCUT2D eigenvalue weighted by atomic mass is 35.5. The van der Waals surface area contributed by atoms with E-state index in [1.165, 1.54) is 6.07 Å². The van der Waals surface area contributed by atoms with Crippen molar-refractivity contribution in [2.24, 2.45) is 0 Å². The van der Waals surface area contributed by atoms with E-state index in [2.05, 4.69) is 17.1 Å². The van der Waals surface area contributed by atoms with E-state index in [0.717, 1.165) is 37.3 Å². The van der Waals surface area contributed by atoms with Crippen LogP contribution in [0.15, 0.2) is 36.4 Å². The molecule has 5 nitrogen and oxygen atoms in total. The van der Waals surface area contributed by atoms with Gasteiger partial charge in [-0.15, -0.1) is 0 Å². The van der Waals surface area contributed by atoms with Gasteiger partial charge in [0.2, 0.25) is 5.91 Å². The predicted molar refractivity (Wildman–Crippen MR) is 136 cm³/mol. The van der Waals surface area contributed by atoms with Gasteiger partial charge in [0.15, 0.2) is 0 Å². The Labute approximate surface area is 224 Å². The van der Waals surface area contributed by atoms with E-state index >= 15 is 0 Å². The number of carbonyl (C=O) groups is 1. The standard InChI is InChI=1S/C26H30Cl2F4N4O/c1-16-11-35(8-7-33-16)15-25(37)36-13-19(18-4-6-21(27)22(28)10-18)24(14-36)34(2)12-17-3-5-20(23(29)9-17)26(30,31)32/h3-6,9-10,16,19,24,33H,7-8,11-15H2,1-2H3/t16-,19?,24?/m1/s1. The molecule has 2 aliphatic rings. The van der Waals surface area contributed by atoms with Crippen LogP contribution in [-0.2, 0) is 17.5 Å². The van der Waals surface area contributed by atoms with E-state index < -0.39 is 17.6 Å². The summed E-state index contributed by atoms with van der Waals surface area (Å²) in [5.74, 6) is -1.38. The molecule has 0 saturated carbocycles. The van der Waals surface area contributed by atoms with Gasteiger partial charge < -0.3 is 10.2 Å². The average Bonchev–Trinajstić information content (AvgIpc) is 3.26. The van der Waals surface area contributed by atoms with Crippen LogP contribution in [0.2, 0.25) is 10.0 Å². The van der Waals surface area contributed by atoms with Gasteiger partial charge in [-0.3, -0.25) is 14.6 Å². The first-order valence-corrected chi connectivity index (χ1v) is 12.9. The van der Waals surface area contributed by atoms with Gasteiger partial charge in [0, 0.05) is 57.3 Å². The molecule has 0 bridgehead atoms. The van der Waals surface area contributed by atoms with E-state index in [1.54, 1.807) is 12.1 Å². The third-order valence-electron chi connectivity index (χ3n) is 7.16. The number of piperazine rings is 1. The van der Waals surface area contributed by atoms with Crippen LogP contribution in [0, 0.1) is 5.82 Å². The lowest BCUT2D eigenvalue weighted by Gasteiger charge is -2.32. The number of alkyl halides is 3. The second-order valence-corrected chi connectivity index (χ2v) is 10.8. The fourth-order valence-electron chi connectivity index (χ4n) is 5.25. The van der Waals surface area contributed by atoms with Gasteiger partial charge in [-0.2, -0.15) is 13.2 Å². The highest BCUT2D eigenvalue weighted by molar-refractivity contribution is 6.42. The molecular formula is C26H30Cl2F4N4O. The molecule has 2 saturated heterocycles. The lowest BCUT2D eigenvalue weighted by atomic mass is 9.93. The summed E-state index contributed by atoms with van der Waals surface area (Å²) in [6.45, 7) is 5.94. The van der Waals surface area contributed by atoms with Gasteiger partial charge in [0.05, 0.1) is 22.2 Å². The highest BCUT2D eigenvalue weighted by Crippen LogP contribution is 2.36. The van der Waals surface area contributed by atoms with Gasteiger partial charge in [0.25, 0.3) is 0 Å². The topological polar surface area (TPSA) is 38.8 Å². The predicted octanol–water partition coefficient (Wildman–Crippen LogP) is 4.87. The third kappa shape index (κ3) is 6.75. The van der Waals surface area contributed by atoms with E-state index in [1.807, 2.05) is 22.9 Å². The fraction of sp³-hybridized carbons (Fsp3) is 0.500. The number of carbonyl (C=O) groups excluding carboxylic acids is 1. The molecule has 2 aromatic carbocycles. The Morgan fingerprint density at radius 3 is 2.51 bits per heavy atom. The lowest BCUT2D eigenvalue weighted by molar-refractivity contribution is -0.140. The quantitative estimate of drug-likeness (QED) is 0.511. The molecule has 11 heteroatoms. The molecule has 4 rings (SSSR count). The number of nitrogens with zero attached hydrogens (tertiary/aromatic N) is 3. The van der Waals surface area contributed by atoms with Crippen molar-refractivity contribution < 1.29 is 22.4 Å². The molecule has 1 N–H and O–H groups in total. The van der Waals surface area contributed by atoms with Gasteiger partial charge in [-0.25, -0.2) is 4.39 Å². The Balaban J connectivity index is 1.53. The zero-order chi connectivity index (χ0) is 26.9. The summed E-state index contributed by atoms with van der Waals surface area (Å²) in [5.41, 5.74) is 0.0452. The van der Waals surface area contributed by atoms with Crippen LogP contribution < -0.4 is 5.32 Å². The van der Waals surface area contributed by atoms with Gasteiger partial charge in [0.1, 0.15) is 5.82 Å². The summed E-state index contributed by atoms with van der Waals surface area (Å²) < 4.78 is 53.1. The van der Waals surface area contributed by atoms with Crippen molar-refractivity contribution >= 4 is 29.1 Å². The molecule has 1 amide bonds.